The van der Waals surface area contributed by atoms with Crippen LogP contribution in [0.3, 0.4) is 0 Å². The van der Waals surface area contributed by atoms with Crippen molar-refractivity contribution in [1.29, 1.82) is 0 Å². The molecule has 0 radical (unpaired) electrons. The van der Waals surface area contributed by atoms with E-state index in [1.165, 1.54) is 38.5 Å². The highest BCUT2D eigenvalue weighted by molar-refractivity contribution is 9.09. The molecule has 0 heterocycles. The van der Waals surface area contributed by atoms with Crippen LogP contribution in [0.5, 0.6) is 0 Å². The molecule has 0 bridgehead atoms. The summed E-state index contributed by atoms with van der Waals surface area (Å²) >= 11 is 3.45. The third-order valence-electron chi connectivity index (χ3n) is 3.51. The lowest BCUT2D eigenvalue weighted by Gasteiger charge is -2.05. The fraction of sp³-hybridized carbons (Fsp3) is 0.611. The molecular formula is C18H27BrO2. The minimum Gasteiger partial charge on any atom is -0.461 e. The average Bonchev–Trinajstić information content (AvgIpc) is 2.52. The first-order valence-corrected chi connectivity index (χ1v) is 9.20. The molecular weight excluding hydrogens is 328 g/mol. The zero-order valence-electron chi connectivity index (χ0n) is 12.9. The number of carbonyl (C=O) groups excluding carboxylic acids is 1. The quantitative estimate of drug-likeness (QED) is 0.276. The van der Waals surface area contributed by atoms with Crippen LogP contribution < -0.4 is 0 Å². The Hall–Kier alpha value is -0.830. The maximum Gasteiger partial charge on any atom is 0.306 e. The minimum atomic E-state index is -0.0730. The Balaban J connectivity index is 1.89. The second kappa shape index (κ2) is 12.9. The van der Waals surface area contributed by atoms with E-state index >= 15 is 0 Å². The van der Waals surface area contributed by atoms with Gasteiger partial charge in [-0.2, -0.15) is 0 Å². The fourth-order valence-electron chi connectivity index (χ4n) is 2.23. The summed E-state index contributed by atoms with van der Waals surface area (Å²) in [5, 5.41) is 1.12. The largest absolute Gasteiger partial charge is 0.461 e. The van der Waals surface area contributed by atoms with E-state index in [9.17, 15) is 4.79 Å². The van der Waals surface area contributed by atoms with Gasteiger partial charge < -0.3 is 4.74 Å². The molecule has 0 unspecified atom stereocenters. The maximum absolute atomic E-state index is 11.6. The van der Waals surface area contributed by atoms with Crippen molar-refractivity contribution in [3.63, 3.8) is 0 Å². The van der Waals surface area contributed by atoms with Gasteiger partial charge in [-0.3, -0.25) is 4.79 Å². The smallest absolute Gasteiger partial charge is 0.306 e. The standard InChI is InChI=1S/C18H27BrO2/c19-15-11-6-4-2-1-3-5-10-14-18(20)21-16-17-12-8-7-9-13-17/h7-9,12-13H,1-6,10-11,14-16H2. The molecule has 2 nitrogen and oxygen atoms in total. The number of rotatable bonds is 12. The number of ether oxygens (including phenoxy) is 1. The highest BCUT2D eigenvalue weighted by Crippen LogP contribution is 2.11. The molecule has 0 N–H and O–H groups in total. The van der Waals surface area contributed by atoms with Gasteiger partial charge in [-0.1, -0.05) is 84.8 Å². The fourth-order valence-corrected chi connectivity index (χ4v) is 2.63. The van der Waals surface area contributed by atoms with E-state index in [-0.39, 0.29) is 5.97 Å². The summed E-state index contributed by atoms with van der Waals surface area (Å²) in [6.45, 7) is 0.396. The number of carbonyl (C=O) groups is 1. The van der Waals surface area contributed by atoms with E-state index in [2.05, 4.69) is 15.9 Å². The summed E-state index contributed by atoms with van der Waals surface area (Å²) in [4.78, 5) is 11.6. The predicted octanol–water partition coefficient (Wildman–Crippen LogP) is 5.64. The Labute approximate surface area is 137 Å². The van der Waals surface area contributed by atoms with Gasteiger partial charge in [0.05, 0.1) is 0 Å². The predicted molar refractivity (Wildman–Crippen MR) is 91.6 cm³/mol. The monoisotopic (exact) mass is 354 g/mol. The van der Waals surface area contributed by atoms with Crippen LogP contribution in [-0.4, -0.2) is 11.3 Å². The number of hydrogen-bond acceptors (Lipinski definition) is 2. The van der Waals surface area contributed by atoms with Gasteiger partial charge in [-0.05, 0) is 18.4 Å². The van der Waals surface area contributed by atoms with Crippen molar-refractivity contribution in [2.45, 2.75) is 64.4 Å². The number of benzene rings is 1. The SMILES string of the molecule is O=C(CCCCCCCCCCBr)OCc1ccccc1. The first kappa shape index (κ1) is 18.2. The Kier molecular flexibility index (Phi) is 11.2. The summed E-state index contributed by atoms with van der Waals surface area (Å²) in [5.41, 5.74) is 1.05. The molecule has 1 aromatic carbocycles. The van der Waals surface area contributed by atoms with Gasteiger partial charge in [-0.15, -0.1) is 0 Å². The second-order valence-corrected chi connectivity index (χ2v) is 6.21. The molecule has 0 amide bonds. The van der Waals surface area contributed by atoms with E-state index < -0.39 is 0 Å². The Morgan fingerprint density at radius 3 is 2.05 bits per heavy atom. The van der Waals surface area contributed by atoms with Crippen LogP contribution in [0.1, 0.15) is 63.4 Å². The number of hydrogen-bond donors (Lipinski definition) is 0. The van der Waals surface area contributed by atoms with E-state index in [0.717, 1.165) is 23.7 Å². The Morgan fingerprint density at radius 1 is 0.857 bits per heavy atom. The number of esters is 1. The van der Waals surface area contributed by atoms with Gasteiger partial charge in [0, 0.05) is 11.8 Å². The summed E-state index contributed by atoms with van der Waals surface area (Å²) in [5.74, 6) is -0.0730. The molecule has 0 aliphatic heterocycles. The average molecular weight is 355 g/mol. The summed E-state index contributed by atoms with van der Waals surface area (Å²) in [6, 6.07) is 9.83. The molecule has 0 spiro atoms. The second-order valence-electron chi connectivity index (χ2n) is 5.41. The Bertz CT molecular complexity index is 365. The normalized spacial score (nSPS) is 10.5. The van der Waals surface area contributed by atoms with Crippen LogP contribution in [0, 0.1) is 0 Å². The van der Waals surface area contributed by atoms with Crippen molar-refractivity contribution in [2.75, 3.05) is 5.33 Å². The molecule has 1 aromatic rings. The highest BCUT2D eigenvalue weighted by Gasteiger charge is 2.03. The molecule has 0 saturated heterocycles. The molecule has 0 aromatic heterocycles. The molecule has 118 valence electrons. The van der Waals surface area contributed by atoms with Gasteiger partial charge in [0.25, 0.3) is 0 Å². The third-order valence-corrected chi connectivity index (χ3v) is 4.07. The van der Waals surface area contributed by atoms with Crippen LogP contribution >= 0.6 is 15.9 Å². The number of alkyl halides is 1. The molecule has 0 aliphatic carbocycles. The van der Waals surface area contributed by atoms with E-state index in [4.69, 9.17) is 4.74 Å². The van der Waals surface area contributed by atoms with Crippen molar-refractivity contribution in [3.8, 4) is 0 Å². The third kappa shape index (κ3) is 10.5. The van der Waals surface area contributed by atoms with Gasteiger partial charge in [-0.25, -0.2) is 0 Å². The molecule has 3 heteroatoms. The van der Waals surface area contributed by atoms with Gasteiger partial charge in [0.1, 0.15) is 6.61 Å². The van der Waals surface area contributed by atoms with Crippen molar-refractivity contribution in [2.24, 2.45) is 0 Å². The molecule has 0 aliphatic rings. The summed E-state index contributed by atoms with van der Waals surface area (Å²) in [7, 11) is 0. The molecule has 21 heavy (non-hydrogen) atoms. The first-order chi connectivity index (χ1) is 10.3. The van der Waals surface area contributed by atoms with Crippen LogP contribution in [-0.2, 0) is 16.1 Å². The molecule has 1 rings (SSSR count). The lowest BCUT2D eigenvalue weighted by Crippen LogP contribution is -2.04. The summed E-state index contributed by atoms with van der Waals surface area (Å²) in [6.07, 6.45) is 10.5. The van der Waals surface area contributed by atoms with E-state index in [1.807, 2.05) is 30.3 Å². The van der Waals surface area contributed by atoms with Crippen molar-refractivity contribution in [1.82, 2.24) is 0 Å². The van der Waals surface area contributed by atoms with Crippen LogP contribution in [0.2, 0.25) is 0 Å². The van der Waals surface area contributed by atoms with E-state index in [1.54, 1.807) is 0 Å². The number of unbranched alkanes of at least 4 members (excludes halogenated alkanes) is 7. The lowest BCUT2D eigenvalue weighted by atomic mass is 10.1. The zero-order chi connectivity index (χ0) is 15.2. The van der Waals surface area contributed by atoms with Gasteiger partial charge in [0.15, 0.2) is 0 Å². The van der Waals surface area contributed by atoms with Crippen molar-refractivity contribution >= 4 is 21.9 Å². The Morgan fingerprint density at radius 2 is 1.43 bits per heavy atom. The first-order valence-electron chi connectivity index (χ1n) is 8.08. The van der Waals surface area contributed by atoms with E-state index in [0.29, 0.717) is 13.0 Å². The van der Waals surface area contributed by atoms with Crippen molar-refractivity contribution in [3.05, 3.63) is 35.9 Å². The maximum atomic E-state index is 11.6. The molecule has 0 fully saturated rings. The highest BCUT2D eigenvalue weighted by atomic mass is 79.9. The van der Waals surface area contributed by atoms with Crippen molar-refractivity contribution < 1.29 is 9.53 Å². The van der Waals surface area contributed by atoms with Gasteiger partial charge >= 0.3 is 5.97 Å². The lowest BCUT2D eigenvalue weighted by molar-refractivity contribution is -0.145. The minimum absolute atomic E-state index is 0.0730. The van der Waals surface area contributed by atoms with Crippen LogP contribution in [0.15, 0.2) is 30.3 Å². The summed E-state index contributed by atoms with van der Waals surface area (Å²) < 4.78 is 5.26. The molecule has 0 saturated carbocycles. The van der Waals surface area contributed by atoms with Crippen LogP contribution in [0.25, 0.3) is 0 Å². The van der Waals surface area contributed by atoms with Crippen LogP contribution in [0.4, 0.5) is 0 Å². The topological polar surface area (TPSA) is 26.3 Å². The zero-order valence-corrected chi connectivity index (χ0v) is 14.4. The van der Waals surface area contributed by atoms with Gasteiger partial charge in [0.2, 0.25) is 0 Å². The molecule has 0 atom stereocenters. The number of halogens is 1.